The van der Waals surface area contributed by atoms with Crippen LogP contribution in [0, 0.1) is 0 Å². The molecule has 1 saturated carbocycles. The molecule has 0 spiro atoms. The van der Waals surface area contributed by atoms with E-state index in [9.17, 15) is 24.0 Å². The minimum absolute atomic E-state index is 0.0533. The first kappa shape index (κ1) is 21.4. The number of amides is 4. The lowest BCUT2D eigenvalue weighted by Gasteiger charge is -2.29. The Hall–Kier alpha value is -3.81. The SMILES string of the molecule is O=C(COC(=O)c1ccc2c(c1)C(=O)N(C1CCCCC1)C2=O)NC(=O)c1ccccc1. The molecule has 1 N–H and O–H groups in total. The lowest BCUT2D eigenvalue weighted by molar-refractivity contribution is -0.123. The molecule has 1 aliphatic heterocycles. The number of hydrogen-bond donors (Lipinski definition) is 1. The van der Waals surface area contributed by atoms with Crippen LogP contribution in [-0.2, 0) is 9.53 Å². The van der Waals surface area contributed by atoms with Gasteiger partial charge in [0.15, 0.2) is 6.61 Å². The average Bonchev–Trinajstić information content (AvgIpc) is 3.08. The second kappa shape index (κ2) is 9.13. The van der Waals surface area contributed by atoms with Crippen LogP contribution in [0.4, 0.5) is 0 Å². The molecule has 1 heterocycles. The predicted molar refractivity (Wildman–Crippen MR) is 113 cm³/mol. The molecular formula is C24H22N2O6. The first-order chi connectivity index (χ1) is 15.5. The third-order valence-corrected chi connectivity index (χ3v) is 5.72. The topological polar surface area (TPSA) is 110 Å². The summed E-state index contributed by atoms with van der Waals surface area (Å²) in [6, 6.07) is 12.2. The number of ether oxygens (including phenoxy) is 1. The van der Waals surface area contributed by atoms with E-state index in [1.54, 1.807) is 30.3 Å². The zero-order chi connectivity index (χ0) is 22.7. The Balaban J connectivity index is 1.38. The number of nitrogens with one attached hydrogen (secondary N) is 1. The van der Waals surface area contributed by atoms with E-state index in [1.807, 2.05) is 0 Å². The van der Waals surface area contributed by atoms with E-state index in [0.29, 0.717) is 5.56 Å². The fraction of sp³-hybridized carbons (Fsp3) is 0.292. The summed E-state index contributed by atoms with van der Waals surface area (Å²) in [4.78, 5) is 63.2. The standard InChI is InChI=1S/C24H22N2O6/c27-20(25-21(28)15-7-3-1-4-8-15)14-32-24(31)16-11-12-18-19(13-16)23(30)26(22(18)29)17-9-5-2-6-10-17/h1,3-4,7-8,11-13,17H,2,5-6,9-10,14H2,(H,25,27,28). The molecule has 4 rings (SSSR count). The van der Waals surface area contributed by atoms with Gasteiger partial charge in [-0.3, -0.25) is 29.4 Å². The van der Waals surface area contributed by atoms with Gasteiger partial charge in [0, 0.05) is 11.6 Å². The van der Waals surface area contributed by atoms with E-state index in [0.717, 1.165) is 32.1 Å². The van der Waals surface area contributed by atoms with Crippen LogP contribution in [0.3, 0.4) is 0 Å². The number of hydrogen-bond acceptors (Lipinski definition) is 6. The normalized spacial score (nSPS) is 15.9. The molecule has 8 heteroatoms. The van der Waals surface area contributed by atoms with Crippen LogP contribution < -0.4 is 5.32 Å². The molecule has 2 aromatic rings. The summed E-state index contributed by atoms with van der Waals surface area (Å²) in [7, 11) is 0. The molecular weight excluding hydrogens is 412 g/mol. The second-order valence-electron chi connectivity index (χ2n) is 7.85. The maximum absolute atomic E-state index is 12.9. The van der Waals surface area contributed by atoms with Crippen LogP contribution in [0.15, 0.2) is 48.5 Å². The Bertz CT molecular complexity index is 1090. The predicted octanol–water partition coefficient (Wildman–Crippen LogP) is 2.73. The van der Waals surface area contributed by atoms with Gasteiger partial charge >= 0.3 is 5.97 Å². The van der Waals surface area contributed by atoms with E-state index >= 15 is 0 Å². The van der Waals surface area contributed by atoms with Gasteiger partial charge in [-0.1, -0.05) is 37.5 Å². The number of imide groups is 2. The van der Waals surface area contributed by atoms with Gasteiger partial charge < -0.3 is 4.74 Å². The molecule has 4 amide bonds. The number of carbonyl (C=O) groups excluding carboxylic acids is 5. The Labute approximate surface area is 184 Å². The Morgan fingerprint density at radius 1 is 0.875 bits per heavy atom. The van der Waals surface area contributed by atoms with Crippen LogP contribution in [0.2, 0.25) is 0 Å². The summed E-state index contributed by atoms with van der Waals surface area (Å²) < 4.78 is 4.98. The highest BCUT2D eigenvalue weighted by atomic mass is 16.5. The van der Waals surface area contributed by atoms with E-state index in [1.165, 1.54) is 23.1 Å². The summed E-state index contributed by atoms with van der Waals surface area (Å²) in [5.74, 6) is -2.95. The summed E-state index contributed by atoms with van der Waals surface area (Å²) in [6.07, 6.45) is 4.63. The Morgan fingerprint density at radius 2 is 1.56 bits per heavy atom. The van der Waals surface area contributed by atoms with E-state index in [4.69, 9.17) is 4.74 Å². The summed E-state index contributed by atoms with van der Waals surface area (Å²) in [5, 5.41) is 2.14. The summed E-state index contributed by atoms with van der Waals surface area (Å²) in [5.41, 5.74) is 0.788. The van der Waals surface area contributed by atoms with Crippen molar-refractivity contribution in [3.8, 4) is 0 Å². The third kappa shape index (κ3) is 4.30. The molecule has 1 aliphatic carbocycles. The zero-order valence-corrected chi connectivity index (χ0v) is 17.3. The molecule has 0 radical (unpaired) electrons. The maximum atomic E-state index is 12.9. The van der Waals surface area contributed by atoms with Crippen molar-refractivity contribution in [2.45, 2.75) is 38.1 Å². The highest BCUT2D eigenvalue weighted by molar-refractivity contribution is 6.22. The Kier molecular flexibility index (Phi) is 6.11. The molecule has 0 atom stereocenters. The number of benzene rings is 2. The molecule has 2 aliphatic rings. The molecule has 1 fully saturated rings. The molecule has 164 valence electrons. The number of fused-ring (bicyclic) bond motifs is 1. The lowest BCUT2D eigenvalue weighted by Crippen LogP contribution is -2.40. The second-order valence-corrected chi connectivity index (χ2v) is 7.85. The van der Waals surface area contributed by atoms with Crippen LogP contribution in [-0.4, -0.2) is 47.1 Å². The molecule has 0 aromatic heterocycles. The maximum Gasteiger partial charge on any atom is 0.338 e. The number of carbonyl (C=O) groups is 5. The smallest absolute Gasteiger partial charge is 0.338 e. The van der Waals surface area contributed by atoms with Gasteiger partial charge in [-0.2, -0.15) is 0 Å². The monoisotopic (exact) mass is 434 g/mol. The lowest BCUT2D eigenvalue weighted by atomic mass is 9.94. The van der Waals surface area contributed by atoms with Gasteiger partial charge in [-0.15, -0.1) is 0 Å². The van der Waals surface area contributed by atoms with Crippen molar-refractivity contribution in [1.82, 2.24) is 10.2 Å². The third-order valence-electron chi connectivity index (χ3n) is 5.72. The number of esters is 1. The highest BCUT2D eigenvalue weighted by Gasteiger charge is 2.40. The quantitative estimate of drug-likeness (QED) is 0.572. The Morgan fingerprint density at radius 3 is 2.28 bits per heavy atom. The van der Waals surface area contributed by atoms with E-state index in [-0.39, 0.29) is 28.6 Å². The average molecular weight is 434 g/mol. The van der Waals surface area contributed by atoms with Crippen molar-refractivity contribution in [3.05, 3.63) is 70.8 Å². The van der Waals surface area contributed by atoms with Gasteiger partial charge in [0.25, 0.3) is 23.6 Å². The van der Waals surface area contributed by atoms with Gasteiger partial charge in [0.1, 0.15) is 0 Å². The van der Waals surface area contributed by atoms with Gasteiger partial charge in [0.2, 0.25) is 0 Å². The van der Waals surface area contributed by atoms with Crippen molar-refractivity contribution in [1.29, 1.82) is 0 Å². The molecule has 32 heavy (non-hydrogen) atoms. The summed E-state index contributed by atoms with van der Waals surface area (Å²) >= 11 is 0. The molecule has 0 unspecified atom stereocenters. The molecule has 0 saturated heterocycles. The number of nitrogens with zero attached hydrogens (tertiary/aromatic N) is 1. The van der Waals surface area contributed by atoms with Gasteiger partial charge in [-0.25, -0.2) is 4.79 Å². The first-order valence-electron chi connectivity index (χ1n) is 10.5. The van der Waals surface area contributed by atoms with Crippen LogP contribution in [0.1, 0.15) is 73.5 Å². The van der Waals surface area contributed by atoms with Crippen molar-refractivity contribution >= 4 is 29.6 Å². The minimum atomic E-state index is -0.827. The fourth-order valence-electron chi connectivity index (χ4n) is 4.10. The molecule has 2 aromatic carbocycles. The summed E-state index contributed by atoms with van der Waals surface area (Å²) in [6.45, 7) is -0.657. The van der Waals surface area contributed by atoms with Crippen LogP contribution in [0.5, 0.6) is 0 Å². The van der Waals surface area contributed by atoms with Crippen LogP contribution >= 0.6 is 0 Å². The molecule has 8 nitrogen and oxygen atoms in total. The minimum Gasteiger partial charge on any atom is -0.452 e. The van der Waals surface area contributed by atoms with Crippen molar-refractivity contribution in [3.63, 3.8) is 0 Å². The van der Waals surface area contributed by atoms with E-state index < -0.39 is 30.3 Å². The zero-order valence-electron chi connectivity index (χ0n) is 17.3. The largest absolute Gasteiger partial charge is 0.452 e. The van der Waals surface area contributed by atoms with Crippen molar-refractivity contribution in [2.75, 3.05) is 6.61 Å². The molecule has 0 bridgehead atoms. The highest BCUT2D eigenvalue weighted by Crippen LogP contribution is 2.31. The van der Waals surface area contributed by atoms with Gasteiger partial charge in [0.05, 0.1) is 16.7 Å². The van der Waals surface area contributed by atoms with Crippen molar-refractivity contribution < 1.29 is 28.7 Å². The van der Waals surface area contributed by atoms with Crippen LogP contribution in [0.25, 0.3) is 0 Å². The fourth-order valence-corrected chi connectivity index (χ4v) is 4.10. The van der Waals surface area contributed by atoms with E-state index in [2.05, 4.69) is 5.32 Å². The van der Waals surface area contributed by atoms with Gasteiger partial charge in [-0.05, 0) is 43.2 Å². The van der Waals surface area contributed by atoms with Crippen molar-refractivity contribution in [2.24, 2.45) is 0 Å². The number of rotatable bonds is 5. The first-order valence-corrected chi connectivity index (χ1v) is 10.5.